The van der Waals surface area contributed by atoms with Gasteiger partial charge >= 0.3 is 0 Å². The van der Waals surface area contributed by atoms with Gasteiger partial charge < -0.3 is 14.6 Å². The minimum Gasteiger partial charge on any atom is -0.494 e. The smallest absolute Gasteiger partial charge is 0.163 e. The zero-order valence-corrected chi connectivity index (χ0v) is 23.4. The Morgan fingerprint density at radius 3 is 2.75 bits per heavy atom. The fraction of sp³-hybridized carbons (Fsp3) is 0.344. The van der Waals surface area contributed by atoms with E-state index < -0.39 is 11.4 Å². The van der Waals surface area contributed by atoms with Crippen molar-refractivity contribution in [3.05, 3.63) is 82.4 Å². The van der Waals surface area contributed by atoms with Gasteiger partial charge in [-0.25, -0.2) is 9.37 Å². The molecule has 0 amide bonds. The SMILES string of the molecule is COc1cc(C(=O)CCC(O)(c2cc3c(c(-c4ccc(F)c(Cl)c4)n2)OCC3(C)C)C2CC2)cc2cccnc12. The summed E-state index contributed by atoms with van der Waals surface area (Å²) in [4.78, 5) is 22.7. The van der Waals surface area contributed by atoms with E-state index in [1.54, 1.807) is 25.4 Å². The van der Waals surface area contributed by atoms with Gasteiger partial charge in [0.2, 0.25) is 0 Å². The molecule has 206 valence electrons. The first-order chi connectivity index (χ1) is 19.1. The standard InChI is InChI=1S/C32H30ClFN2O4/c1-31(2)17-40-30-22(31)16-27(36-29(30)19-6-9-24(34)23(33)14-19)32(38,21-7-8-21)11-10-25(37)20-13-18-5-4-12-35-28(18)26(15-20)39-3/h4-6,9,12-16,21,38H,7-8,10-11,17H2,1-3H3. The van der Waals surface area contributed by atoms with Gasteiger partial charge in [0.05, 0.1) is 24.4 Å². The summed E-state index contributed by atoms with van der Waals surface area (Å²) in [5, 5.41) is 13.0. The van der Waals surface area contributed by atoms with Crippen LogP contribution in [-0.2, 0) is 11.0 Å². The summed E-state index contributed by atoms with van der Waals surface area (Å²) in [7, 11) is 1.56. The lowest BCUT2D eigenvalue weighted by Gasteiger charge is -2.29. The number of nitrogens with zero attached hydrogens (tertiary/aromatic N) is 2. The lowest BCUT2D eigenvalue weighted by atomic mass is 9.81. The number of carbonyl (C=O) groups is 1. The van der Waals surface area contributed by atoms with E-state index in [1.807, 2.05) is 24.3 Å². The van der Waals surface area contributed by atoms with Crippen LogP contribution in [0.3, 0.4) is 0 Å². The van der Waals surface area contributed by atoms with Crippen LogP contribution >= 0.6 is 11.6 Å². The first kappa shape index (κ1) is 26.7. The predicted molar refractivity (Wildman–Crippen MR) is 152 cm³/mol. The van der Waals surface area contributed by atoms with Gasteiger partial charge in [-0.1, -0.05) is 31.5 Å². The highest BCUT2D eigenvalue weighted by Crippen LogP contribution is 2.51. The fourth-order valence-corrected chi connectivity index (χ4v) is 5.78. The Kier molecular flexibility index (Phi) is 6.55. The number of benzene rings is 2. The minimum atomic E-state index is -1.32. The third kappa shape index (κ3) is 4.61. The molecule has 2 aromatic carbocycles. The van der Waals surface area contributed by atoms with Crippen molar-refractivity contribution in [1.82, 2.24) is 9.97 Å². The number of hydrogen-bond acceptors (Lipinski definition) is 6. The maximum Gasteiger partial charge on any atom is 0.163 e. The topological polar surface area (TPSA) is 81.5 Å². The largest absolute Gasteiger partial charge is 0.494 e. The first-order valence-electron chi connectivity index (χ1n) is 13.4. The second kappa shape index (κ2) is 9.82. The summed E-state index contributed by atoms with van der Waals surface area (Å²) >= 11 is 6.12. The molecule has 1 atom stereocenters. The van der Waals surface area contributed by atoms with Crippen molar-refractivity contribution in [2.24, 2.45) is 5.92 Å². The van der Waals surface area contributed by atoms with Crippen LogP contribution in [0, 0.1) is 11.7 Å². The number of aliphatic hydroxyl groups is 1. The average Bonchev–Trinajstić information content (AvgIpc) is 3.77. The van der Waals surface area contributed by atoms with Gasteiger partial charge in [-0.15, -0.1) is 0 Å². The molecule has 40 heavy (non-hydrogen) atoms. The van der Waals surface area contributed by atoms with Crippen molar-refractivity contribution >= 4 is 28.3 Å². The van der Waals surface area contributed by atoms with E-state index in [-0.39, 0.29) is 35.0 Å². The molecule has 1 N–H and O–H groups in total. The zero-order valence-electron chi connectivity index (χ0n) is 22.6. The Bertz CT molecular complexity index is 1650. The number of pyridine rings is 2. The number of rotatable bonds is 8. The van der Waals surface area contributed by atoms with Crippen molar-refractivity contribution in [3.63, 3.8) is 0 Å². The highest BCUT2D eigenvalue weighted by atomic mass is 35.5. The molecule has 0 radical (unpaired) electrons. The van der Waals surface area contributed by atoms with Crippen LogP contribution in [0.5, 0.6) is 11.5 Å². The van der Waals surface area contributed by atoms with Crippen molar-refractivity contribution in [2.45, 2.75) is 50.5 Å². The van der Waals surface area contributed by atoms with E-state index in [0.717, 1.165) is 23.8 Å². The fourth-order valence-electron chi connectivity index (χ4n) is 5.60. The van der Waals surface area contributed by atoms with Gasteiger partial charge in [0.1, 0.15) is 34.1 Å². The molecule has 0 saturated heterocycles. The number of Topliss-reactive ketones (excluding diaryl/α,β-unsaturated/α-hetero) is 1. The van der Waals surface area contributed by atoms with Crippen molar-refractivity contribution in [3.8, 4) is 22.8 Å². The lowest BCUT2D eigenvalue weighted by Crippen LogP contribution is -2.31. The van der Waals surface area contributed by atoms with Crippen LogP contribution in [0.4, 0.5) is 4.39 Å². The number of ketones is 1. The van der Waals surface area contributed by atoms with Crippen LogP contribution in [0.25, 0.3) is 22.2 Å². The Hall–Kier alpha value is -3.55. The van der Waals surface area contributed by atoms with Crippen LogP contribution in [0.1, 0.15) is 61.1 Å². The molecular weight excluding hydrogens is 531 g/mol. The first-order valence-corrected chi connectivity index (χ1v) is 13.8. The number of ether oxygens (including phenoxy) is 2. The maximum atomic E-state index is 14.0. The van der Waals surface area contributed by atoms with E-state index >= 15 is 0 Å². The molecule has 0 bridgehead atoms. The number of aromatic nitrogens is 2. The van der Waals surface area contributed by atoms with Crippen LogP contribution < -0.4 is 9.47 Å². The monoisotopic (exact) mass is 560 g/mol. The van der Waals surface area contributed by atoms with E-state index in [2.05, 4.69) is 18.8 Å². The Labute approximate surface area is 237 Å². The van der Waals surface area contributed by atoms with Crippen molar-refractivity contribution < 1.29 is 23.8 Å². The van der Waals surface area contributed by atoms with E-state index in [1.165, 1.54) is 12.1 Å². The summed E-state index contributed by atoms with van der Waals surface area (Å²) in [6, 6.07) is 13.6. The van der Waals surface area contributed by atoms with Gasteiger partial charge in [-0.05, 0) is 67.6 Å². The molecule has 6 rings (SSSR count). The zero-order chi connectivity index (χ0) is 28.2. The second-order valence-corrected chi connectivity index (χ2v) is 11.8. The summed E-state index contributed by atoms with van der Waals surface area (Å²) in [5.41, 5.74) is 2.10. The van der Waals surface area contributed by atoms with Crippen LogP contribution in [0.15, 0.2) is 54.7 Å². The Balaban J connectivity index is 1.38. The highest BCUT2D eigenvalue weighted by Gasteiger charge is 2.48. The predicted octanol–water partition coefficient (Wildman–Crippen LogP) is 7.03. The normalized spacial score (nSPS) is 17.2. The lowest BCUT2D eigenvalue weighted by molar-refractivity contribution is -0.00115. The minimum absolute atomic E-state index is 0.0141. The molecule has 1 saturated carbocycles. The number of carbonyl (C=O) groups excluding carboxylic acids is 1. The number of methoxy groups -OCH3 is 1. The molecule has 3 heterocycles. The summed E-state index contributed by atoms with van der Waals surface area (Å²) in [5.74, 6) is 0.509. The van der Waals surface area contributed by atoms with Gasteiger partial charge in [0, 0.05) is 40.1 Å². The second-order valence-electron chi connectivity index (χ2n) is 11.4. The van der Waals surface area contributed by atoms with E-state index in [0.29, 0.717) is 46.1 Å². The van der Waals surface area contributed by atoms with Crippen molar-refractivity contribution in [1.29, 1.82) is 0 Å². The van der Waals surface area contributed by atoms with Gasteiger partial charge in [-0.2, -0.15) is 0 Å². The summed E-state index contributed by atoms with van der Waals surface area (Å²) < 4.78 is 25.5. The third-order valence-electron chi connectivity index (χ3n) is 8.11. The van der Waals surface area contributed by atoms with E-state index in [4.69, 9.17) is 26.1 Å². The van der Waals surface area contributed by atoms with Gasteiger partial charge in [0.15, 0.2) is 5.78 Å². The van der Waals surface area contributed by atoms with Gasteiger partial charge in [0.25, 0.3) is 0 Å². The third-order valence-corrected chi connectivity index (χ3v) is 8.40. The number of fused-ring (bicyclic) bond motifs is 2. The number of halogens is 2. The number of hydrogen-bond donors (Lipinski definition) is 1. The molecular formula is C32H30ClFN2O4. The Morgan fingerprint density at radius 2 is 2.02 bits per heavy atom. The molecule has 4 aromatic rings. The van der Waals surface area contributed by atoms with Gasteiger partial charge in [-0.3, -0.25) is 9.78 Å². The molecule has 1 unspecified atom stereocenters. The van der Waals surface area contributed by atoms with Crippen LogP contribution in [0.2, 0.25) is 5.02 Å². The maximum absolute atomic E-state index is 14.0. The molecule has 1 aliphatic carbocycles. The Morgan fingerprint density at radius 1 is 1.23 bits per heavy atom. The molecule has 0 spiro atoms. The molecule has 6 nitrogen and oxygen atoms in total. The summed E-state index contributed by atoms with van der Waals surface area (Å²) in [6.07, 6.45) is 3.71. The molecule has 1 aliphatic heterocycles. The molecule has 8 heteroatoms. The average molecular weight is 561 g/mol. The molecule has 2 aromatic heterocycles. The van der Waals surface area contributed by atoms with Crippen molar-refractivity contribution in [2.75, 3.05) is 13.7 Å². The summed E-state index contributed by atoms with van der Waals surface area (Å²) in [6.45, 7) is 4.60. The van der Waals surface area contributed by atoms with E-state index in [9.17, 15) is 14.3 Å². The molecule has 1 fully saturated rings. The quantitative estimate of drug-likeness (QED) is 0.233. The molecule has 2 aliphatic rings. The highest BCUT2D eigenvalue weighted by molar-refractivity contribution is 6.31. The van der Waals surface area contributed by atoms with Crippen LogP contribution in [-0.4, -0.2) is 34.6 Å².